The van der Waals surface area contributed by atoms with Crippen LogP contribution in [0, 0.1) is 29.6 Å². The maximum atomic E-state index is 14.5. The van der Waals surface area contributed by atoms with Gasteiger partial charge in [-0.05, 0) is 108 Å². The second-order valence-electron chi connectivity index (χ2n) is 22.3. The molecule has 0 radical (unpaired) electrons. The van der Waals surface area contributed by atoms with E-state index >= 15 is 0 Å². The van der Waals surface area contributed by atoms with Crippen molar-refractivity contribution in [2.24, 2.45) is 29.6 Å². The molecule has 2 aromatic rings. The minimum Gasteiger partial charge on any atom is -0.481 e. The van der Waals surface area contributed by atoms with Gasteiger partial charge >= 0.3 is 11.9 Å². The van der Waals surface area contributed by atoms with Crippen LogP contribution in [-0.2, 0) is 54.3 Å². The largest absolute Gasteiger partial charge is 0.481 e. The molecular formula is C57H89N9O12S. The van der Waals surface area contributed by atoms with E-state index in [0.717, 1.165) is 30.7 Å². The van der Waals surface area contributed by atoms with E-state index in [9.17, 15) is 53.1 Å². The summed E-state index contributed by atoms with van der Waals surface area (Å²) in [4.78, 5) is 138. The van der Waals surface area contributed by atoms with E-state index in [0.29, 0.717) is 42.1 Å². The topological polar surface area (TPSA) is 292 Å². The fraction of sp³-hybridized carbons (Fsp3) is 0.667. The predicted octanol–water partition coefficient (Wildman–Crippen LogP) is 5.57. The first-order valence-corrected chi connectivity index (χ1v) is 28.6. The standard InChI is InChI=1S/C57H89N9O12S/c1-15-34(6)43(29-48(70)57(12)24-18-26-65(57)13)55(75)66(14)46(32(2)3)30-47(78-39(11)69)54-63-45(31-79-54)52(73)62-42(27-35(7)56(76)77)28-40-20-22-41(23-21-40)61-50(71)36(8)59-53(74)49(33(4)5)64-51(72)44(60-38(10)68)19-16-17-25-58-37(9)67/h20-23,31-36,42-44,46-47,49H,15-19,24-30H2,1-14H3,(H,58,67)(H,59,74)(H,60,68)(H,61,71)(H,62,73)(H,64,72)(H,76,77)/t34-,35-,36-,42+,43-,44-,46+,47+,49-,57+/m0/s1. The molecule has 0 aliphatic carbocycles. The summed E-state index contributed by atoms with van der Waals surface area (Å²) in [7, 11) is 3.67. The molecule has 0 spiro atoms. The van der Waals surface area contributed by atoms with Gasteiger partial charge in [0.2, 0.25) is 35.4 Å². The Bertz CT molecular complexity index is 2430. The average molecular weight is 1120 g/mol. The molecule has 1 aromatic carbocycles. The lowest BCUT2D eigenvalue weighted by Gasteiger charge is -2.38. The van der Waals surface area contributed by atoms with Crippen LogP contribution in [-0.4, -0.2) is 142 Å². The third-order valence-corrected chi connectivity index (χ3v) is 16.1. The van der Waals surface area contributed by atoms with E-state index in [1.54, 1.807) is 50.1 Å². The van der Waals surface area contributed by atoms with Crippen LogP contribution in [0.25, 0.3) is 0 Å². The van der Waals surface area contributed by atoms with Crippen LogP contribution in [0.2, 0.25) is 0 Å². The van der Waals surface area contributed by atoms with Gasteiger partial charge < -0.3 is 46.6 Å². The van der Waals surface area contributed by atoms with Gasteiger partial charge in [0, 0.05) is 76.3 Å². The number of ketones is 1. The van der Waals surface area contributed by atoms with Crippen LogP contribution < -0.4 is 31.9 Å². The summed E-state index contributed by atoms with van der Waals surface area (Å²) >= 11 is 1.12. The third kappa shape index (κ3) is 20.7. The molecule has 440 valence electrons. The second-order valence-corrected chi connectivity index (χ2v) is 23.2. The monoisotopic (exact) mass is 1120 g/mol. The smallest absolute Gasteiger partial charge is 0.306 e. The van der Waals surface area contributed by atoms with E-state index in [4.69, 9.17) is 4.74 Å². The van der Waals surface area contributed by atoms with E-state index in [2.05, 4.69) is 41.8 Å². The van der Waals surface area contributed by atoms with Gasteiger partial charge in [-0.3, -0.25) is 52.8 Å². The van der Waals surface area contributed by atoms with Crippen molar-refractivity contribution in [1.29, 1.82) is 0 Å². The molecule has 1 aliphatic heterocycles. The Hall–Kier alpha value is -6.29. The molecule has 7 amide bonds. The lowest BCUT2D eigenvalue weighted by atomic mass is 9.80. The molecule has 21 nitrogen and oxygen atoms in total. The Morgan fingerprint density at radius 1 is 0.835 bits per heavy atom. The molecule has 1 saturated heterocycles. The molecule has 22 heteroatoms. The molecule has 1 aromatic heterocycles. The summed E-state index contributed by atoms with van der Waals surface area (Å²) in [5.74, 6) is -6.60. The van der Waals surface area contributed by atoms with Gasteiger partial charge in [-0.25, -0.2) is 4.98 Å². The number of nitrogens with zero attached hydrogens (tertiary/aromatic N) is 3. The molecule has 1 aliphatic rings. The number of likely N-dealkylation sites (N-methyl/N-ethyl adjacent to an activating group) is 1. The Morgan fingerprint density at radius 3 is 2.04 bits per heavy atom. The number of aliphatic carboxylic acids is 1. The lowest BCUT2D eigenvalue weighted by Crippen LogP contribution is -2.57. The van der Waals surface area contributed by atoms with E-state index in [-0.39, 0.29) is 73.1 Å². The number of anilines is 1. The van der Waals surface area contributed by atoms with E-state index in [1.807, 2.05) is 41.7 Å². The minimum absolute atomic E-state index is 0.0264. The first kappa shape index (κ1) is 67.0. The number of amides is 7. The van der Waals surface area contributed by atoms with Crippen LogP contribution in [0.15, 0.2) is 29.6 Å². The van der Waals surface area contributed by atoms with E-state index in [1.165, 1.54) is 40.0 Å². The summed E-state index contributed by atoms with van der Waals surface area (Å²) in [6.45, 7) is 21.6. The third-order valence-electron chi connectivity index (χ3n) is 15.1. The normalized spacial score (nSPS) is 17.9. The summed E-state index contributed by atoms with van der Waals surface area (Å²) < 4.78 is 5.83. The van der Waals surface area contributed by atoms with Gasteiger partial charge in [-0.1, -0.05) is 67.0 Å². The number of hydrogen-bond acceptors (Lipinski definition) is 14. The van der Waals surface area contributed by atoms with Gasteiger partial charge in [0.05, 0.1) is 11.5 Å². The number of carbonyl (C=O) groups is 10. The van der Waals surface area contributed by atoms with Crippen molar-refractivity contribution in [3.63, 3.8) is 0 Å². The Kier molecular flexibility index (Phi) is 26.7. The van der Waals surface area contributed by atoms with Gasteiger partial charge in [0.15, 0.2) is 11.9 Å². The number of Topliss-reactive ketones (excluding diaryl/α,β-unsaturated/α-hetero) is 1. The zero-order chi connectivity index (χ0) is 59.5. The van der Waals surface area contributed by atoms with Crippen LogP contribution in [0.1, 0.15) is 168 Å². The highest BCUT2D eigenvalue weighted by Gasteiger charge is 2.44. The van der Waals surface area contributed by atoms with Crippen molar-refractivity contribution in [3.05, 3.63) is 45.9 Å². The number of likely N-dealkylation sites (tertiary alicyclic amines) is 1. The van der Waals surface area contributed by atoms with Crippen LogP contribution in [0.4, 0.5) is 5.69 Å². The zero-order valence-corrected chi connectivity index (χ0v) is 49.7. The number of aromatic nitrogens is 1. The quantitative estimate of drug-likeness (QED) is 0.0348. The number of carboxylic acid groups (broad SMARTS) is 1. The van der Waals surface area contributed by atoms with Crippen molar-refractivity contribution in [1.82, 2.24) is 41.4 Å². The van der Waals surface area contributed by atoms with Crippen molar-refractivity contribution in [2.45, 2.75) is 189 Å². The Morgan fingerprint density at radius 2 is 1.49 bits per heavy atom. The second kappa shape index (κ2) is 31.5. The maximum Gasteiger partial charge on any atom is 0.306 e. The fourth-order valence-electron chi connectivity index (χ4n) is 9.80. The van der Waals surface area contributed by atoms with Crippen molar-refractivity contribution < 1.29 is 57.8 Å². The summed E-state index contributed by atoms with van der Waals surface area (Å²) in [6.07, 6.45) is 3.34. The number of hydrogen-bond donors (Lipinski definition) is 7. The number of carboxylic acids is 1. The summed E-state index contributed by atoms with van der Waals surface area (Å²) in [6, 6.07) is 2.57. The maximum absolute atomic E-state index is 14.5. The molecule has 2 heterocycles. The first-order valence-electron chi connectivity index (χ1n) is 27.7. The molecule has 7 N–H and O–H groups in total. The Balaban J connectivity index is 1.73. The summed E-state index contributed by atoms with van der Waals surface area (Å²) in [5, 5.41) is 28.1. The molecule has 3 rings (SSSR count). The zero-order valence-electron chi connectivity index (χ0n) is 48.9. The molecule has 0 bridgehead atoms. The first-order chi connectivity index (χ1) is 37.0. The van der Waals surface area contributed by atoms with Crippen LogP contribution >= 0.6 is 11.3 Å². The SMILES string of the molecule is CC[C@H](C)[C@H](CC(=O)[C@@]1(C)CCCN1C)C(=O)N(C)[C@H](C[C@@H](OC(C)=O)c1nc(C(=O)N[C@@H](Cc2ccc(NC(=O)[C@H](C)NC(=O)[C@@H](NC(=O)[C@H](CCCCNC(C)=O)NC(C)=O)C(C)C)cc2)C[C@H](C)C(=O)O)cs1)C(C)C. The molecule has 1 fully saturated rings. The highest BCUT2D eigenvalue weighted by atomic mass is 32.1. The van der Waals surface area contributed by atoms with Gasteiger partial charge in [0.25, 0.3) is 5.91 Å². The number of nitrogens with one attached hydrogen (secondary N) is 6. The molecule has 10 atom stereocenters. The van der Waals surface area contributed by atoms with E-state index < -0.39 is 95.2 Å². The highest BCUT2D eigenvalue weighted by Crippen LogP contribution is 2.35. The van der Waals surface area contributed by atoms with Crippen molar-refractivity contribution in [3.8, 4) is 0 Å². The molecular weight excluding hydrogens is 1030 g/mol. The lowest BCUT2D eigenvalue weighted by molar-refractivity contribution is -0.150. The van der Waals surface area contributed by atoms with Crippen LogP contribution in [0.3, 0.4) is 0 Å². The predicted molar refractivity (Wildman–Crippen MR) is 301 cm³/mol. The number of ether oxygens (including phenoxy) is 1. The summed E-state index contributed by atoms with van der Waals surface area (Å²) in [5.41, 5.74) is 0.489. The van der Waals surface area contributed by atoms with Crippen LogP contribution in [0.5, 0.6) is 0 Å². The van der Waals surface area contributed by atoms with Gasteiger partial charge in [0.1, 0.15) is 28.8 Å². The van der Waals surface area contributed by atoms with Gasteiger partial charge in [-0.15, -0.1) is 11.3 Å². The number of thiazole rings is 1. The molecule has 0 saturated carbocycles. The van der Waals surface area contributed by atoms with Crippen molar-refractivity contribution in [2.75, 3.05) is 32.5 Å². The highest BCUT2D eigenvalue weighted by molar-refractivity contribution is 7.09. The molecule has 0 unspecified atom stereocenters. The van der Waals surface area contributed by atoms with Gasteiger partial charge in [-0.2, -0.15) is 0 Å². The number of esters is 1. The number of rotatable bonds is 32. The average Bonchev–Trinajstić information content (AvgIpc) is 4.04. The number of benzene rings is 1. The molecule has 79 heavy (non-hydrogen) atoms. The Labute approximate surface area is 470 Å². The number of unbranched alkanes of at least 4 members (excludes halogenated alkanes) is 1. The minimum atomic E-state index is -1.05. The number of carbonyl (C=O) groups excluding carboxylic acids is 9. The van der Waals surface area contributed by atoms with Crippen molar-refractivity contribution >= 4 is 76.1 Å². The fourth-order valence-corrected chi connectivity index (χ4v) is 10.6.